The number of hydrogen-bond acceptors (Lipinski definition) is 5. The molecule has 0 unspecified atom stereocenters. The molecular formula is C19H21ClN4O. The van der Waals surface area contributed by atoms with Crippen LogP contribution >= 0.6 is 12.4 Å². The van der Waals surface area contributed by atoms with Crippen molar-refractivity contribution in [1.82, 2.24) is 14.9 Å². The van der Waals surface area contributed by atoms with Crippen LogP contribution in [-0.2, 0) is 0 Å². The molecule has 3 fully saturated rings. The normalized spacial score (nSPS) is 22.6. The van der Waals surface area contributed by atoms with E-state index in [9.17, 15) is 0 Å². The third kappa shape index (κ3) is 2.98. The summed E-state index contributed by atoms with van der Waals surface area (Å²) in [6, 6.07) is 15.5. The van der Waals surface area contributed by atoms with Crippen LogP contribution in [0.4, 0.5) is 6.01 Å². The first-order valence-corrected chi connectivity index (χ1v) is 8.69. The maximum Gasteiger partial charge on any atom is 0.300 e. The molecular weight excluding hydrogens is 336 g/mol. The lowest BCUT2D eigenvalue weighted by molar-refractivity contribution is 0.249. The van der Waals surface area contributed by atoms with Crippen molar-refractivity contribution in [2.45, 2.75) is 18.9 Å². The lowest BCUT2D eigenvalue weighted by Gasteiger charge is -2.30. The summed E-state index contributed by atoms with van der Waals surface area (Å²) in [5.41, 5.74) is 3.50. The first kappa shape index (κ1) is 16.4. The minimum absolute atomic E-state index is 0. The van der Waals surface area contributed by atoms with Crippen molar-refractivity contribution in [3.05, 3.63) is 42.5 Å². The van der Waals surface area contributed by atoms with E-state index in [0.717, 1.165) is 35.9 Å². The number of pyridine rings is 1. The van der Waals surface area contributed by atoms with Gasteiger partial charge >= 0.3 is 0 Å². The van der Waals surface area contributed by atoms with Crippen LogP contribution in [0.1, 0.15) is 12.8 Å². The van der Waals surface area contributed by atoms with E-state index in [2.05, 4.69) is 21.9 Å². The number of rotatable bonds is 2. The number of piperidine rings is 1. The summed E-state index contributed by atoms with van der Waals surface area (Å²) < 4.78 is 6.04. The summed E-state index contributed by atoms with van der Waals surface area (Å²) in [5.74, 6) is 0. The summed E-state index contributed by atoms with van der Waals surface area (Å²) in [6.45, 7) is 4.47. The van der Waals surface area contributed by atoms with E-state index in [1.807, 2.05) is 30.3 Å². The second-order valence-corrected chi connectivity index (χ2v) is 6.65. The van der Waals surface area contributed by atoms with Crippen molar-refractivity contribution in [3.63, 3.8) is 0 Å². The molecule has 3 aromatic rings. The largest absolute Gasteiger partial charge is 0.422 e. The Morgan fingerprint density at radius 1 is 0.880 bits per heavy atom. The zero-order valence-electron chi connectivity index (χ0n) is 14.0. The Labute approximate surface area is 153 Å². The fraction of sp³-hybridized carbons (Fsp3) is 0.368. The summed E-state index contributed by atoms with van der Waals surface area (Å²) in [4.78, 5) is 14.3. The van der Waals surface area contributed by atoms with Gasteiger partial charge in [-0.05, 0) is 25.0 Å². The smallest absolute Gasteiger partial charge is 0.300 e. The Morgan fingerprint density at radius 3 is 2.48 bits per heavy atom. The molecule has 6 heteroatoms. The number of aromatic nitrogens is 2. The van der Waals surface area contributed by atoms with E-state index >= 15 is 0 Å². The molecule has 0 saturated carbocycles. The van der Waals surface area contributed by atoms with Gasteiger partial charge in [-0.15, -0.1) is 12.4 Å². The van der Waals surface area contributed by atoms with Gasteiger partial charge in [0.1, 0.15) is 0 Å². The van der Waals surface area contributed by atoms with Gasteiger partial charge in [0.05, 0.1) is 5.69 Å². The van der Waals surface area contributed by atoms with Crippen LogP contribution in [0.2, 0.25) is 0 Å². The molecule has 1 aromatic carbocycles. The van der Waals surface area contributed by atoms with E-state index in [1.54, 1.807) is 0 Å². The van der Waals surface area contributed by atoms with E-state index in [1.165, 1.54) is 25.9 Å². The van der Waals surface area contributed by atoms with Gasteiger partial charge in [0.25, 0.3) is 6.01 Å². The van der Waals surface area contributed by atoms with Crippen molar-refractivity contribution in [2.24, 2.45) is 0 Å². The van der Waals surface area contributed by atoms with Crippen LogP contribution in [0, 0.1) is 0 Å². The van der Waals surface area contributed by atoms with Gasteiger partial charge in [-0.3, -0.25) is 0 Å². The van der Waals surface area contributed by atoms with Gasteiger partial charge in [-0.1, -0.05) is 30.3 Å². The fourth-order valence-corrected chi connectivity index (χ4v) is 3.84. The standard InChI is InChI=1S/C19H20N4O.ClH/c1-2-4-14(5-3-1)16-6-7-17-18(20-16)21-19(24-17)23-13-12-22-10-8-15(23)9-11-22;/h1-7,15H,8-13H2;1H. The molecule has 2 bridgehead atoms. The molecule has 25 heavy (non-hydrogen) atoms. The average Bonchev–Trinajstić information content (AvgIpc) is 2.82. The maximum atomic E-state index is 6.04. The molecule has 5 heterocycles. The monoisotopic (exact) mass is 356 g/mol. The summed E-state index contributed by atoms with van der Waals surface area (Å²) in [5, 5.41) is 0. The predicted octanol–water partition coefficient (Wildman–Crippen LogP) is 3.60. The third-order valence-corrected chi connectivity index (χ3v) is 5.21. The van der Waals surface area contributed by atoms with Crippen LogP contribution in [-0.4, -0.2) is 47.1 Å². The van der Waals surface area contributed by atoms with Gasteiger partial charge in [0, 0.05) is 37.8 Å². The number of oxazole rings is 1. The number of halogens is 1. The van der Waals surface area contributed by atoms with Crippen LogP contribution in [0.3, 0.4) is 0 Å². The first-order chi connectivity index (χ1) is 11.9. The van der Waals surface area contributed by atoms with Crippen molar-refractivity contribution in [1.29, 1.82) is 0 Å². The molecule has 0 atom stereocenters. The van der Waals surface area contributed by atoms with Gasteiger partial charge in [-0.25, -0.2) is 4.98 Å². The maximum absolute atomic E-state index is 6.04. The van der Waals surface area contributed by atoms with Crippen LogP contribution in [0.25, 0.3) is 22.5 Å². The van der Waals surface area contributed by atoms with Crippen molar-refractivity contribution >= 4 is 29.7 Å². The molecule has 130 valence electrons. The van der Waals surface area contributed by atoms with E-state index in [0.29, 0.717) is 11.7 Å². The van der Waals surface area contributed by atoms with Gasteiger partial charge < -0.3 is 14.2 Å². The lowest BCUT2D eigenvalue weighted by atomic mass is 10.1. The van der Waals surface area contributed by atoms with Crippen molar-refractivity contribution < 1.29 is 4.42 Å². The SMILES string of the molecule is Cl.c1ccc(-c2ccc3oc(N4CCN5CCC4CC5)nc3n2)cc1. The quantitative estimate of drug-likeness (QED) is 0.702. The highest BCUT2D eigenvalue weighted by Crippen LogP contribution is 2.29. The molecule has 0 spiro atoms. The van der Waals surface area contributed by atoms with Crippen LogP contribution in [0.15, 0.2) is 46.9 Å². The Hall–Kier alpha value is -2.11. The molecule has 0 aliphatic carbocycles. The fourth-order valence-electron chi connectivity index (χ4n) is 3.84. The molecule has 3 aliphatic heterocycles. The lowest BCUT2D eigenvalue weighted by Crippen LogP contribution is -2.38. The van der Waals surface area contributed by atoms with Crippen LogP contribution < -0.4 is 4.90 Å². The zero-order valence-corrected chi connectivity index (χ0v) is 14.8. The molecule has 6 rings (SSSR count). The summed E-state index contributed by atoms with van der Waals surface area (Å²) in [7, 11) is 0. The highest BCUT2D eigenvalue weighted by molar-refractivity contribution is 5.85. The zero-order chi connectivity index (χ0) is 15.9. The van der Waals surface area contributed by atoms with Gasteiger partial charge in [-0.2, -0.15) is 4.98 Å². The minimum Gasteiger partial charge on any atom is -0.422 e. The van der Waals surface area contributed by atoms with Gasteiger partial charge in [0.15, 0.2) is 5.58 Å². The minimum atomic E-state index is 0. The Balaban J connectivity index is 0.00000157. The second kappa shape index (κ2) is 6.65. The van der Waals surface area contributed by atoms with Crippen LogP contribution in [0.5, 0.6) is 0 Å². The van der Waals surface area contributed by atoms with E-state index in [4.69, 9.17) is 14.4 Å². The number of benzene rings is 1. The van der Waals surface area contributed by atoms with E-state index < -0.39 is 0 Å². The molecule has 5 nitrogen and oxygen atoms in total. The topological polar surface area (TPSA) is 45.4 Å². The van der Waals surface area contributed by atoms with Crippen molar-refractivity contribution in [2.75, 3.05) is 31.1 Å². The summed E-state index contributed by atoms with van der Waals surface area (Å²) in [6.07, 6.45) is 2.39. The Bertz CT molecular complexity index is 858. The molecule has 0 amide bonds. The first-order valence-electron chi connectivity index (χ1n) is 8.69. The van der Waals surface area contributed by atoms with Crippen molar-refractivity contribution in [3.8, 4) is 11.3 Å². The number of nitrogens with zero attached hydrogens (tertiary/aromatic N) is 4. The molecule has 0 N–H and O–H groups in total. The van der Waals surface area contributed by atoms with Gasteiger partial charge in [0.2, 0.25) is 5.65 Å². The third-order valence-electron chi connectivity index (χ3n) is 5.21. The Morgan fingerprint density at radius 2 is 1.68 bits per heavy atom. The molecule has 3 saturated heterocycles. The highest BCUT2D eigenvalue weighted by atomic mass is 35.5. The predicted molar refractivity (Wildman–Crippen MR) is 101 cm³/mol. The highest BCUT2D eigenvalue weighted by Gasteiger charge is 2.31. The number of hydrogen-bond donors (Lipinski definition) is 0. The Kier molecular flexibility index (Phi) is 4.36. The number of fused-ring (bicyclic) bond motifs is 5. The summed E-state index contributed by atoms with van der Waals surface area (Å²) >= 11 is 0. The second-order valence-electron chi connectivity index (χ2n) is 6.65. The molecule has 0 radical (unpaired) electrons. The average molecular weight is 357 g/mol. The molecule has 3 aliphatic rings. The van der Waals surface area contributed by atoms with E-state index in [-0.39, 0.29) is 12.4 Å². The number of anilines is 1. The molecule has 2 aromatic heterocycles.